The molecule has 0 saturated carbocycles. The summed E-state index contributed by atoms with van der Waals surface area (Å²) >= 11 is 11.9. The maximum Gasteiger partial charge on any atom is 0.241 e. The smallest absolute Gasteiger partial charge is 0.241 e. The van der Waals surface area contributed by atoms with E-state index in [9.17, 15) is 9.59 Å². The molecule has 2 N–H and O–H groups in total. The van der Waals surface area contributed by atoms with Crippen LogP contribution in [0.5, 0.6) is 0 Å². The number of hydrogen-bond acceptors (Lipinski definition) is 4. The Kier molecular flexibility index (Phi) is 8.15. The van der Waals surface area contributed by atoms with Crippen LogP contribution in [0.4, 0.5) is 5.69 Å². The van der Waals surface area contributed by atoms with Gasteiger partial charge in [0, 0.05) is 18.8 Å². The third kappa shape index (κ3) is 6.13. The number of methoxy groups -OCH3 is 1. The maximum absolute atomic E-state index is 12.7. The van der Waals surface area contributed by atoms with Gasteiger partial charge >= 0.3 is 0 Å². The molecule has 1 saturated heterocycles. The highest BCUT2D eigenvalue weighted by atomic mass is 35.5. The number of halogens is 2. The fraction of sp³-hybridized carbons (Fsp3) is 0.556. The van der Waals surface area contributed by atoms with Crippen molar-refractivity contribution in [3.05, 3.63) is 28.2 Å². The molecular weight excluding hydrogens is 377 g/mol. The van der Waals surface area contributed by atoms with E-state index in [-0.39, 0.29) is 30.4 Å². The average molecular weight is 402 g/mol. The highest BCUT2D eigenvalue weighted by Crippen LogP contribution is 2.26. The topological polar surface area (TPSA) is 70.7 Å². The number of carbonyl (C=O) groups excluding carboxylic acids is 2. The second kappa shape index (κ2) is 10.1. The van der Waals surface area contributed by atoms with E-state index >= 15 is 0 Å². The van der Waals surface area contributed by atoms with Gasteiger partial charge in [-0.05, 0) is 44.5 Å². The molecule has 1 aromatic carbocycles. The van der Waals surface area contributed by atoms with Crippen molar-refractivity contribution in [1.29, 1.82) is 0 Å². The van der Waals surface area contributed by atoms with E-state index in [1.54, 1.807) is 25.3 Å². The number of nitrogens with zero attached hydrogens (tertiary/aromatic N) is 1. The molecule has 2 rings (SSSR count). The summed E-state index contributed by atoms with van der Waals surface area (Å²) in [5.74, 6) is -0.246. The van der Waals surface area contributed by atoms with Gasteiger partial charge in [0.25, 0.3) is 0 Å². The van der Waals surface area contributed by atoms with Crippen LogP contribution in [0, 0.1) is 0 Å². The summed E-state index contributed by atoms with van der Waals surface area (Å²) in [5.41, 5.74) is 0.591. The van der Waals surface area contributed by atoms with E-state index in [0.717, 1.165) is 12.8 Å². The molecule has 0 bridgehead atoms. The van der Waals surface area contributed by atoms with E-state index < -0.39 is 0 Å². The Hall–Kier alpha value is -1.34. The zero-order valence-electron chi connectivity index (χ0n) is 15.1. The molecular formula is C18H25Cl2N3O3. The maximum atomic E-state index is 12.7. The minimum absolute atomic E-state index is 0.0687. The zero-order valence-corrected chi connectivity index (χ0v) is 16.6. The van der Waals surface area contributed by atoms with E-state index in [4.69, 9.17) is 27.9 Å². The predicted octanol–water partition coefficient (Wildman–Crippen LogP) is 2.94. The van der Waals surface area contributed by atoms with Gasteiger partial charge in [-0.15, -0.1) is 0 Å². The molecule has 2 unspecified atom stereocenters. The molecule has 1 heterocycles. The number of rotatable bonds is 7. The summed E-state index contributed by atoms with van der Waals surface area (Å²) in [6, 6.07) is 4.55. The molecule has 8 heteroatoms. The lowest BCUT2D eigenvalue weighted by Gasteiger charge is -2.34. The molecule has 144 valence electrons. The van der Waals surface area contributed by atoms with Crippen LogP contribution in [0.1, 0.15) is 26.2 Å². The number of piperidine rings is 1. The van der Waals surface area contributed by atoms with Crippen molar-refractivity contribution in [1.82, 2.24) is 10.2 Å². The van der Waals surface area contributed by atoms with Crippen molar-refractivity contribution in [2.45, 2.75) is 38.3 Å². The molecule has 2 amide bonds. The summed E-state index contributed by atoms with van der Waals surface area (Å²) in [5, 5.41) is 6.57. The van der Waals surface area contributed by atoms with Crippen molar-refractivity contribution in [2.75, 3.05) is 32.1 Å². The molecule has 1 aliphatic heterocycles. The number of nitrogens with one attached hydrogen (secondary N) is 2. The highest BCUT2D eigenvalue weighted by molar-refractivity contribution is 6.42. The molecule has 6 nitrogen and oxygen atoms in total. The molecule has 1 fully saturated rings. The van der Waals surface area contributed by atoms with E-state index in [1.807, 2.05) is 11.8 Å². The Morgan fingerprint density at radius 2 is 2.08 bits per heavy atom. The van der Waals surface area contributed by atoms with Gasteiger partial charge in [0.1, 0.15) is 0 Å². The van der Waals surface area contributed by atoms with Crippen LogP contribution in [-0.4, -0.2) is 55.6 Å². The summed E-state index contributed by atoms with van der Waals surface area (Å²) in [6.45, 7) is 3.23. The normalized spacial score (nSPS) is 19.0. The molecule has 26 heavy (non-hydrogen) atoms. The second-order valence-corrected chi connectivity index (χ2v) is 7.34. The Morgan fingerprint density at radius 1 is 1.31 bits per heavy atom. The number of amides is 2. The fourth-order valence-electron chi connectivity index (χ4n) is 3.07. The minimum Gasteiger partial charge on any atom is -0.383 e. The van der Waals surface area contributed by atoms with E-state index in [2.05, 4.69) is 10.6 Å². The Bertz CT molecular complexity index is 642. The molecule has 0 aromatic heterocycles. The van der Waals surface area contributed by atoms with Gasteiger partial charge in [0.05, 0.1) is 29.2 Å². The van der Waals surface area contributed by atoms with Crippen molar-refractivity contribution in [3.63, 3.8) is 0 Å². The first-order chi connectivity index (χ1) is 12.4. The van der Waals surface area contributed by atoms with Crippen LogP contribution < -0.4 is 10.6 Å². The number of ether oxygens (including phenoxy) is 1. The third-order valence-electron chi connectivity index (χ3n) is 4.27. The van der Waals surface area contributed by atoms with Crippen LogP contribution in [0.3, 0.4) is 0 Å². The van der Waals surface area contributed by atoms with E-state index in [0.29, 0.717) is 35.3 Å². The lowest BCUT2D eigenvalue weighted by atomic mass is 10.0. The Balaban J connectivity index is 1.97. The lowest BCUT2D eigenvalue weighted by Crippen LogP contribution is -2.51. The quantitative estimate of drug-likeness (QED) is 0.736. The number of hydrogen-bond donors (Lipinski definition) is 2. The van der Waals surface area contributed by atoms with Crippen LogP contribution in [0.15, 0.2) is 18.2 Å². The van der Waals surface area contributed by atoms with E-state index in [1.165, 1.54) is 0 Å². The minimum atomic E-state index is -0.346. The first-order valence-corrected chi connectivity index (χ1v) is 9.44. The monoisotopic (exact) mass is 401 g/mol. The SMILES string of the molecule is COCC(C)NC(=O)CN1CCCCC1C(=O)Nc1ccc(Cl)c(Cl)c1. The Labute approximate surface area is 164 Å². The van der Waals surface area contributed by atoms with Crippen LogP contribution in [0.25, 0.3) is 0 Å². The van der Waals surface area contributed by atoms with Gasteiger partial charge in [-0.3, -0.25) is 14.5 Å². The number of benzene rings is 1. The van der Waals surface area contributed by atoms with Gasteiger partial charge in [0.2, 0.25) is 11.8 Å². The predicted molar refractivity (Wildman–Crippen MR) is 104 cm³/mol. The number of likely N-dealkylation sites (tertiary alicyclic amines) is 1. The van der Waals surface area contributed by atoms with Crippen molar-refractivity contribution >= 4 is 40.7 Å². The van der Waals surface area contributed by atoms with Crippen molar-refractivity contribution < 1.29 is 14.3 Å². The third-order valence-corrected chi connectivity index (χ3v) is 5.01. The fourth-order valence-corrected chi connectivity index (χ4v) is 3.37. The summed E-state index contributed by atoms with van der Waals surface area (Å²) in [6.07, 6.45) is 2.64. The van der Waals surface area contributed by atoms with Crippen LogP contribution in [-0.2, 0) is 14.3 Å². The average Bonchev–Trinajstić information content (AvgIpc) is 2.58. The summed E-state index contributed by atoms with van der Waals surface area (Å²) in [4.78, 5) is 26.9. The van der Waals surface area contributed by atoms with Gasteiger partial charge in [-0.25, -0.2) is 0 Å². The Morgan fingerprint density at radius 3 is 2.77 bits per heavy atom. The number of anilines is 1. The highest BCUT2D eigenvalue weighted by Gasteiger charge is 2.30. The molecule has 1 aliphatic rings. The van der Waals surface area contributed by atoms with Crippen molar-refractivity contribution in [3.8, 4) is 0 Å². The molecule has 2 atom stereocenters. The largest absolute Gasteiger partial charge is 0.383 e. The summed E-state index contributed by atoms with van der Waals surface area (Å²) < 4.78 is 5.03. The van der Waals surface area contributed by atoms with Gasteiger partial charge < -0.3 is 15.4 Å². The van der Waals surface area contributed by atoms with Crippen LogP contribution >= 0.6 is 23.2 Å². The molecule has 0 aliphatic carbocycles. The van der Waals surface area contributed by atoms with Gasteiger partial charge in [-0.2, -0.15) is 0 Å². The second-order valence-electron chi connectivity index (χ2n) is 6.52. The van der Waals surface area contributed by atoms with Gasteiger partial charge in [-0.1, -0.05) is 29.6 Å². The number of carbonyl (C=O) groups is 2. The van der Waals surface area contributed by atoms with Gasteiger partial charge in [0.15, 0.2) is 0 Å². The van der Waals surface area contributed by atoms with Crippen molar-refractivity contribution in [2.24, 2.45) is 0 Å². The molecule has 0 spiro atoms. The first kappa shape index (κ1) is 21.0. The first-order valence-electron chi connectivity index (χ1n) is 8.69. The standard InChI is InChI=1S/C18H25Cl2N3O3/c1-12(11-26-2)21-17(24)10-23-8-4-3-5-16(23)18(25)22-13-6-7-14(19)15(20)9-13/h6-7,9,12,16H,3-5,8,10-11H2,1-2H3,(H,21,24)(H,22,25). The lowest BCUT2D eigenvalue weighted by molar-refractivity contribution is -0.127. The van der Waals surface area contributed by atoms with Crippen LogP contribution in [0.2, 0.25) is 10.0 Å². The summed E-state index contributed by atoms with van der Waals surface area (Å²) in [7, 11) is 1.59. The molecule has 0 radical (unpaired) electrons. The zero-order chi connectivity index (χ0) is 19.1. The molecule has 1 aromatic rings.